The first-order valence-corrected chi connectivity index (χ1v) is 5.04. The summed E-state index contributed by atoms with van der Waals surface area (Å²) in [6.07, 6.45) is 2.76. The largest absolute Gasteiger partial charge is 0.383 e. The minimum absolute atomic E-state index is 0. The Morgan fingerprint density at radius 2 is 2.00 bits per heavy atom. The Hall–Kier alpha value is -1.22. The maximum absolute atomic E-state index is 5.91. The average molecular weight is 224 g/mol. The number of hydrogen-bond donors (Lipinski definition) is 2. The van der Waals surface area contributed by atoms with E-state index in [0.29, 0.717) is 11.8 Å². The zero-order valence-electron chi connectivity index (χ0n) is 8.31. The summed E-state index contributed by atoms with van der Waals surface area (Å²) in [5.74, 6) is 1.37. The van der Waals surface area contributed by atoms with Crippen molar-refractivity contribution in [3.63, 3.8) is 0 Å². The molecule has 3 nitrogen and oxygen atoms in total. The van der Waals surface area contributed by atoms with Gasteiger partial charge in [-0.25, -0.2) is 4.99 Å². The first-order valence-electron chi connectivity index (χ1n) is 5.04. The van der Waals surface area contributed by atoms with E-state index < -0.39 is 0 Å². The van der Waals surface area contributed by atoms with E-state index in [1.54, 1.807) is 0 Å². The van der Waals surface area contributed by atoms with Crippen molar-refractivity contribution < 1.29 is 0 Å². The summed E-state index contributed by atoms with van der Waals surface area (Å²) in [5.41, 5.74) is 8.07. The lowest BCUT2D eigenvalue weighted by Gasteiger charge is -2.23. The lowest BCUT2D eigenvalue weighted by Crippen LogP contribution is -2.31. The SMILES string of the molecule is Cl.NC1=NC(C2CC2)Nc2ccccc21. The van der Waals surface area contributed by atoms with Crippen molar-refractivity contribution in [3.8, 4) is 0 Å². The second-order valence-electron chi connectivity index (χ2n) is 3.99. The second kappa shape index (κ2) is 3.74. The fourth-order valence-electron chi connectivity index (χ4n) is 1.88. The van der Waals surface area contributed by atoms with E-state index in [4.69, 9.17) is 5.73 Å². The van der Waals surface area contributed by atoms with E-state index in [-0.39, 0.29) is 18.6 Å². The number of nitrogens with two attached hydrogens (primary N) is 1. The summed E-state index contributed by atoms with van der Waals surface area (Å²) in [4.78, 5) is 4.47. The molecule has 3 N–H and O–H groups in total. The molecule has 0 bridgehead atoms. The van der Waals surface area contributed by atoms with Crippen LogP contribution in [0.2, 0.25) is 0 Å². The van der Waals surface area contributed by atoms with Crippen LogP contribution in [0.5, 0.6) is 0 Å². The number of para-hydroxylation sites is 1. The minimum atomic E-state index is 0. The Balaban J connectivity index is 0.000000853. The van der Waals surface area contributed by atoms with Gasteiger partial charge in [0.25, 0.3) is 0 Å². The van der Waals surface area contributed by atoms with Crippen molar-refractivity contribution in [3.05, 3.63) is 29.8 Å². The summed E-state index contributed by atoms with van der Waals surface area (Å²) in [6, 6.07) is 8.07. The fourth-order valence-corrected chi connectivity index (χ4v) is 1.88. The van der Waals surface area contributed by atoms with Crippen LogP contribution in [-0.2, 0) is 0 Å². The van der Waals surface area contributed by atoms with Gasteiger partial charge < -0.3 is 11.1 Å². The number of rotatable bonds is 1. The number of aliphatic imine (C=N–C) groups is 1. The molecule has 2 aliphatic rings. The molecule has 1 heterocycles. The first-order chi connectivity index (χ1) is 6.84. The molecule has 1 unspecified atom stereocenters. The molecule has 1 atom stereocenters. The highest BCUT2D eigenvalue weighted by atomic mass is 35.5. The number of fused-ring (bicyclic) bond motifs is 1. The van der Waals surface area contributed by atoms with Crippen LogP contribution in [0.3, 0.4) is 0 Å². The van der Waals surface area contributed by atoms with Crippen LogP contribution in [-0.4, -0.2) is 12.0 Å². The fraction of sp³-hybridized carbons (Fsp3) is 0.364. The number of benzene rings is 1. The molecule has 1 fully saturated rings. The number of halogens is 1. The smallest absolute Gasteiger partial charge is 0.130 e. The summed E-state index contributed by atoms with van der Waals surface area (Å²) in [7, 11) is 0. The minimum Gasteiger partial charge on any atom is -0.383 e. The third-order valence-corrected chi connectivity index (χ3v) is 2.85. The Labute approximate surface area is 95.2 Å². The summed E-state index contributed by atoms with van der Waals surface area (Å²) < 4.78 is 0. The predicted molar refractivity (Wildman–Crippen MR) is 64.5 cm³/mol. The van der Waals surface area contributed by atoms with Gasteiger partial charge in [-0.3, -0.25) is 0 Å². The molecular formula is C11H14ClN3. The number of anilines is 1. The highest BCUT2D eigenvalue weighted by Gasteiger charge is 2.33. The highest BCUT2D eigenvalue weighted by molar-refractivity contribution is 6.03. The molecule has 0 spiro atoms. The summed E-state index contributed by atoms with van der Waals surface area (Å²) in [5, 5.41) is 3.42. The Kier molecular flexibility index (Phi) is 2.57. The van der Waals surface area contributed by atoms with Gasteiger partial charge in [0.05, 0.1) is 0 Å². The predicted octanol–water partition coefficient (Wildman–Crippen LogP) is 1.98. The molecular weight excluding hydrogens is 210 g/mol. The van der Waals surface area contributed by atoms with Gasteiger partial charge in [-0.1, -0.05) is 12.1 Å². The van der Waals surface area contributed by atoms with Crippen molar-refractivity contribution in [2.75, 3.05) is 5.32 Å². The van der Waals surface area contributed by atoms with Crippen LogP contribution in [0.25, 0.3) is 0 Å². The molecule has 1 aliphatic heterocycles. The molecule has 1 saturated carbocycles. The maximum Gasteiger partial charge on any atom is 0.130 e. The van der Waals surface area contributed by atoms with Gasteiger partial charge in [-0.15, -0.1) is 12.4 Å². The maximum atomic E-state index is 5.91. The Bertz CT molecular complexity index is 399. The highest BCUT2D eigenvalue weighted by Crippen LogP contribution is 2.37. The van der Waals surface area contributed by atoms with Gasteiger partial charge in [0.2, 0.25) is 0 Å². The van der Waals surface area contributed by atoms with Crippen molar-refractivity contribution in [2.45, 2.75) is 19.0 Å². The molecule has 1 aromatic rings. The molecule has 3 rings (SSSR count). The van der Waals surface area contributed by atoms with E-state index in [1.165, 1.54) is 12.8 Å². The van der Waals surface area contributed by atoms with Crippen molar-refractivity contribution in [1.29, 1.82) is 0 Å². The van der Waals surface area contributed by atoms with E-state index in [0.717, 1.165) is 11.3 Å². The normalized spacial score (nSPS) is 23.2. The van der Waals surface area contributed by atoms with E-state index in [2.05, 4.69) is 16.4 Å². The third kappa shape index (κ3) is 1.79. The average Bonchev–Trinajstić information content (AvgIpc) is 3.01. The van der Waals surface area contributed by atoms with Crippen LogP contribution in [0.4, 0.5) is 5.69 Å². The van der Waals surface area contributed by atoms with Gasteiger partial charge >= 0.3 is 0 Å². The molecule has 0 aromatic heterocycles. The lowest BCUT2D eigenvalue weighted by molar-refractivity contribution is 0.661. The third-order valence-electron chi connectivity index (χ3n) is 2.85. The summed E-state index contributed by atoms with van der Waals surface area (Å²) in [6.45, 7) is 0. The standard InChI is InChI=1S/C11H13N3.ClH/c12-10-8-3-1-2-4-9(8)13-11(14-10)7-5-6-7;/h1-4,7,11,13H,5-6H2,(H2,12,14);1H. The van der Waals surface area contributed by atoms with Crippen LogP contribution in [0.15, 0.2) is 29.3 Å². The van der Waals surface area contributed by atoms with Gasteiger partial charge in [0.1, 0.15) is 12.0 Å². The van der Waals surface area contributed by atoms with Gasteiger partial charge in [-0.05, 0) is 30.9 Å². The van der Waals surface area contributed by atoms with Crippen molar-refractivity contribution in [1.82, 2.24) is 0 Å². The molecule has 15 heavy (non-hydrogen) atoms. The number of amidine groups is 1. The zero-order valence-corrected chi connectivity index (χ0v) is 9.13. The lowest BCUT2D eigenvalue weighted by atomic mass is 10.1. The molecule has 4 heteroatoms. The second-order valence-corrected chi connectivity index (χ2v) is 3.99. The quantitative estimate of drug-likeness (QED) is 0.765. The van der Waals surface area contributed by atoms with Gasteiger partial charge in [-0.2, -0.15) is 0 Å². The summed E-state index contributed by atoms with van der Waals surface area (Å²) >= 11 is 0. The van der Waals surface area contributed by atoms with Crippen LogP contribution >= 0.6 is 12.4 Å². The van der Waals surface area contributed by atoms with E-state index >= 15 is 0 Å². The molecule has 0 amide bonds. The topological polar surface area (TPSA) is 50.4 Å². The van der Waals surface area contributed by atoms with Crippen LogP contribution < -0.4 is 11.1 Å². The van der Waals surface area contributed by atoms with Crippen LogP contribution in [0.1, 0.15) is 18.4 Å². The molecule has 0 radical (unpaired) electrons. The molecule has 1 aromatic carbocycles. The molecule has 1 aliphatic carbocycles. The molecule has 80 valence electrons. The van der Waals surface area contributed by atoms with Gasteiger partial charge in [0.15, 0.2) is 0 Å². The van der Waals surface area contributed by atoms with E-state index in [1.807, 2.05) is 18.2 Å². The monoisotopic (exact) mass is 223 g/mol. The number of nitrogens with zero attached hydrogens (tertiary/aromatic N) is 1. The zero-order chi connectivity index (χ0) is 9.54. The first kappa shape index (κ1) is 10.3. The number of hydrogen-bond acceptors (Lipinski definition) is 3. The Morgan fingerprint density at radius 1 is 1.27 bits per heavy atom. The van der Waals surface area contributed by atoms with E-state index in [9.17, 15) is 0 Å². The number of nitrogens with one attached hydrogen (secondary N) is 1. The van der Waals surface area contributed by atoms with Crippen LogP contribution in [0, 0.1) is 5.92 Å². The van der Waals surface area contributed by atoms with Crippen molar-refractivity contribution in [2.24, 2.45) is 16.6 Å². The Morgan fingerprint density at radius 3 is 2.73 bits per heavy atom. The van der Waals surface area contributed by atoms with Crippen molar-refractivity contribution >= 4 is 23.9 Å². The van der Waals surface area contributed by atoms with Gasteiger partial charge in [0, 0.05) is 11.3 Å². The molecule has 0 saturated heterocycles.